The molecule has 6 aromatic carbocycles. The van der Waals surface area contributed by atoms with Gasteiger partial charge in [-0.05, 0) is 58.8 Å². The first-order chi connectivity index (χ1) is 18.3. The Hall–Kier alpha value is -4.11. The van der Waals surface area contributed by atoms with E-state index in [1.54, 1.807) is 0 Å². The Kier molecular flexibility index (Phi) is 5.43. The molecule has 0 saturated carbocycles. The maximum Gasteiger partial charge on any atom is 0.0640 e. The van der Waals surface area contributed by atoms with Crippen molar-refractivity contribution in [3.8, 4) is 11.1 Å². The molecular weight excluding hydrogens is 490 g/mol. The lowest BCUT2D eigenvalue weighted by atomic mass is 9.95. The molecule has 0 fully saturated rings. The fourth-order valence-corrected chi connectivity index (χ4v) is 6.59. The minimum absolute atomic E-state index is 0.737. The van der Waals surface area contributed by atoms with Crippen LogP contribution in [0.4, 0.5) is 17.1 Å². The van der Waals surface area contributed by atoms with Gasteiger partial charge in [0.25, 0.3) is 0 Å². The van der Waals surface area contributed by atoms with Gasteiger partial charge < -0.3 is 4.90 Å². The fraction of sp³-hybridized carbons (Fsp3) is 0. The lowest BCUT2D eigenvalue weighted by Gasteiger charge is -2.29. The Morgan fingerprint density at radius 3 is 2.05 bits per heavy atom. The zero-order valence-electron chi connectivity index (χ0n) is 19.9. The zero-order chi connectivity index (χ0) is 24.8. The van der Waals surface area contributed by atoms with Gasteiger partial charge in [0.05, 0.1) is 16.1 Å². The number of benzene rings is 6. The molecule has 176 valence electrons. The molecule has 1 nitrogen and oxygen atoms in total. The van der Waals surface area contributed by atoms with E-state index in [-0.39, 0.29) is 0 Å². The lowest BCUT2D eigenvalue weighted by Crippen LogP contribution is -2.11. The molecular formula is C34H22ClNS. The number of para-hydroxylation sites is 1. The SMILES string of the molecule is Clc1ccc(-c2c(N(c3ccccc3)c3cccc4c3sc3ccccc34)ccc3ccccc23)cc1. The van der Waals surface area contributed by atoms with Gasteiger partial charge in [-0.15, -0.1) is 11.3 Å². The van der Waals surface area contributed by atoms with Gasteiger partial charge in [0, 0.05) is 31.7 Å². The third-order valence-electron chi connectivity index (χ3n) is 6.92. The first-order valence-electron chi connectivity index (χ1n) is 12.3. The summed E-state index contributed by atoms with van der Waals surface area (Å²) >= 11 is 8.16. The second-order valence-corrected chi connectivity index (χ2v) is 10.6. The molecule has 0 aliphatic rings. The maximum atomic E-state index is 6.31. The minimum Gasteiger partial charge on any atom is -0.308 e. The van der Waals surface area contributed by atoms with Gasteiger partial charge in [0.2, 0.25) is 0 Å². The second kappa shape index (κ2) is 9.08. The van der Waals surface area contributed by atoms with Crippen molar-refractivity contribution in [3.05, 3.63) is 138 Å². The Morgan fingerprint density at radius 1 is 0.514 bits per heavy atom. The van der Waals surface area contributed by atoms with E-state index in [2.05, 4.69) is 126 Å². The smallest absolute Gasteiger partial charge is 0.0640 e. The van der Waals surface area contributed by atoms with Crippen molar-refractivity contribution < 1.29 is 0 Å². The molecule has 0 radical (unpaired) electrons. The van der Waals surface area contributed by atoms with E-state index >= 15 is 0 Å². The van der Waals surface area contributed by atoms with Gasteiger partial charge in [-0.1, -0.05) is 103 Å². The first kappa shape index (κ1) is 22.1. The summed E-state index contributed by atoms with van der Waals surface area (Å²) < 4.78 is 2.58. The van der Waals surface area contributed by atoms with Gasteiger partial charge >= 0.3 is 0 Å². The van der Waals surface area contributed by atoms with Crippen molar-refractivity contribution in [2.24, 2.45) is 0 Å². The quantitative estimate of drug-likeness (QED) is 0.227. The zero-order valence-corrected chi connectivity index (χ0v) is 21.5. The van der Waals surface area contributed by atoms with E-state index < -0.39 is 0 Å². The molecule has 7 rings (SSSR count). The Labute approximate surface area is 224 Å². The van der Waals surface area contributed by atoms with Crippen molar-refractivity contribution in [3.63, 3.8) is 0 Å². The molecule has 7 aromatic rings. The van der Waals surface area contributed by atoms with E-state index in [1.165, 1.54) is 42.2 Å². The summed E-state index contributed by atoms with van der Waals surface area (Å²) in [6.45, 7) is 0. The van der Waals surface area contributed by atoms with E-state index in [0.717, 1.165) is 22.0 Å². The molecule has 0 unspecified atom stereocenters. The molecule has 0 N–H and O–H groups in total. The van der Waals surface area contributed by atoms with Crippen LogP contribution in [0.3, 0.4) is 0 Å². The fourth-order valence-electron chi connectivity index (χ4n) is 5.26. The lowest BCUT2D eigenvalue weighted by molar-refractivity contribution is 1.31. The van der Waals surface area contributed by atoms with Gasteiger partial charge in [-0.25, -0.2) is 0 Å². The van der Waals surface area contributed by atoms with Gasteiger partial charge in [-0.3, -0.25) is 0 Å². The normalized spacial score (nSPS) is 11.4. The number of anilines is 3. The van der Waals surface area contributed by atoms with E-state index in [4.69, 9.17) is 11.6 Å². The van der Waals surface area contributed by atoms with E-state index in [0.29, 0.717) is 0 Å². The topological polar surface area (TPSA) is 3.24 Å². The molecule has 0 atom stereocenters. The largest absolute Gasteiger partial charge is 0.308 e. The van der Waals surface area contributed by atoms with E-state index in [9.17, 15) is 0 Å². The van der Waals surface area contributed by atoms with Crippen LogP contribution in [0.2, 0.25) is 5.02 Å². The number of thiophene rings is 1. The van der Waals surface area contributed by atoms with Gasteiger partial charge in [0.1, 0.15) is 0 Å². The monoisotopic (exact) mass is 511 g/mol. The maximum absolute atomic E-state index is 6.31. The van der Waals surface area contributed by atoms with Crippen LogP contribution in [0.15, 0.2) is 133 Å². The van der Waals surface area contributed by atoms with Crippen LogP contribution in [-0.2, 0) is 0 Å². The molecule has 3 heteroatoms. The highest BCUT2D eigenvalue weighted by atomic mass is 35.5. The first-order valence-corrected chi connectivity index (χ1v) is 13.5. The molecule has 0 saturated heterocycles. The van der Waals surface area contributed by atoms with Crippen LogP contribution in [-0.4, -0.2) is 0 Å². The molecule has 0 amide bonds. The van der Waals surface area contributed by atoms with Gasteiger partial charge in [0.15, 0.2) is 0 Å². The number of nitrogens with zero attached hydrogens (tertiary/aromatic N) is 1. The third kappa shape index (κ3) is 3.77. The Balaban J connectivity index is 1.59. The summed E-state index contributed by atoms with van der Waals surface area (Å²) in [5.74, 6) is 0. The van der Waals surface area contributed by atoms with Crippen molar-refractivity contribution in [2.45, 2.75) is 0 Å². The molecule has 1 aromatic heterocycles. The highest BCUT2D eigenvalue weighted by Crippen LogP contribution is 2.48. The average molecular weight is 512 g/mol. The molecule has 37 heavy (non-hydrogen) atoms. The molecule has 1 heterocycles. The van der Waals surface area contributed by atoms with E-state index in [1.807, 2.05) is 23.5 Å². The highest BCUT2D eigenvalue weighted by molar-refractivity contribution is 7.26. The Morgan fingerprint density at radius 2 is 1.22 bits per heavy atom. The Bertz CT molecular complexity index is 1890. The van der Waals surface area contributed by atoms with Gasteiger partial charge in [-0.2, -0.15) is 0 Å². The highest BCUT2D eigenvalue weighted by Gasteiger charge is 2.22. The number of halogens is 1. The predicted molar refractivity (Wildman–Crippen MR) is 162 cm³/mol. The average Bonchev–Trinajstić information content (AvgIpc) is 3.34. The molecule has 0 spiro atoms. The van der Waals surface area contributed by atoms with Crippen LogP contribution in [0.1, 0.15) is 0 Å². The van der Waals surface area contributed by atoms with Crippen LogP contribution in [0, 0.1) is 0 Å². The molecule has 0 aliphatic heterocycles. The van der Waals surface area contributed by atoms with Crippen molar-refractivity contribution in [2.75, 3.05) is 4.90 Å². The number of fused-ring (bicyclic) bond motifs is 4. The van der Waals surface area contributed by atoms with Crippen LogP contribution in [0.25, 0.3) is 42.1 Å². The summed E-state index contributed by atoms with van der Waals surface area (Å²) in [6, 6.07) is 47.3. The van der Waals surface area contributed by atoms with Crippen molar-refractivity contribution in [1.82, 2.24) is 0 Å². The van der Waals surface area contributed by atoms with Crippen molar-refractivity contribution in [1.29, 1.82) is 0 Å². The second-order valence-electron chi connectivity index (χ2n) is 9.11. The molecule has 0 aliphatic carbocycles. The van der Waals surface area contributed by atoms with Crippen LogP contribution >= 0.6 is 22.9 Å². The van der Waals surface area contributed by atoms with Crippen molar-refractivity contribution >= 4 is 70.9 Å². The minimum atomic E-state index is 0.737. The number of hydrogen-bond acceptors (Lipinski definition) is 2. The van der Waals surface area contributed by atoms with Crippen LogP contribution < -0.4 is 4.90 Å². The molecule has 0 bridgehead atoms. The third-order valence-corrected chi connectivity index (χ3v) is 8.38. The standard InChI is InChI=1S/C34H22ClNS/c35-25-20-17-24(18-21-25)33-27-12-5-4-9-23(27)19-22-30(33)36(26-10-2-1-3-11-26)31-15-8-14-29-28-13-6-7-16-32(28)37-34(29)31/h1-22H. The number of hydrogen-bond donors (Lipinski definition) is 0. The summed E-state index contributed by atoms with van der Waals surface area (Å²) in [4.78, 5) is 2.41. The summed E-state index contributed by atoms with van der Waals surface area (Å²) in [5.41, 5.74) is 5.77. The predicted octanol–water partition coefficient (Wildman–Crippen LogP) is 11.0. The van der Waals surface area contributed by atoms with Crippen LogP contribution in [0.5, 0.6) is 0 Å². The summed E-state index contributed by atoms with van der Waals surface area (Å²) in [7, 11) is 0. The number of rotatable bonds is 4. The summed E-state index contributed by atoms with van der Waals surface area (Å²) in [5, 5.41) is 5.75. The summed E-state index contributed by atoms with van der Waals surface area (Å²) in [6.07, 6.45) is 0.